The number of nitriles is 1. The van der Waals surface area contributed by atoms with Gasteiger partial charge in [0.2, 0.25) is 5.91 Å². The third-order valence-electron chi connectivity index (χ3n) is 5.07. The maximum atomic E-state index is 12.6. The second-order valence-electron chi connectivity index (χ2n) is 6.65. The second-order valence-corrected chi connectivity index (χ2v) is 6.65. The molecular formula is C19H23N3O2. The number of amides is 2. The minimum atomic E-state index is -0.0585. The lowest BCUT2D eigenvalue weighted by Crippen LogP contribution is -2.52. The van der Waals surface area contributed by atoms with Crippen molar-refractivity contribution in [3.05, 3.63) is 35.4 Å². The smallest absolute Gasteiger partial charge is 0.254 e. The summed E-state index contributed by atoms with van der Waals surface area (Å²) in [4.78, 5) is 28.8. The van der Waals surface area contributed by atoms with Crippen LogP contribution in [0.1, 0.15) is 48.0 Å². The van der Waals surface area contributed by atoms with Crippen LogP contribution in [0.4, 0.5) is 0 Å². The highest BCUT2D eigenvalue weighted by molar-refractivity contribution is 5.94. The Labute approximate surface area is 142 Å². The maximum absolute atomic E-state index is 12.6. The average Bonchev–Trinajstić information content (AvgIpc) is 2.67. The van der Waals surface area contributed by atoms with Crippen molar-refractivity contribution in [2.24, 2.45) is 5.92 Å². The van der Waals surface area contributed by atoms with Crippen LogP contribution in [0.25, 0.3) is 0 Å². The Hall–Kier alpha value is -2.35. The molecule has 2 aliphatic rings. The van der Waals surface area contributed by atoms with Crippen molar-refractivity contribution < 1.29 is 9.59 Å². The number of nitrogens with zero attached hydrogens (tertiary/aromatic N) is 3. The summed E-state index contributed by atoms with van der Waals surface area (Å²) in [6, 6.07) is 8.85. The summed E-state index contributed by atoms with van der Waals surface area (Å²) in [6.45, 7) is 2.35. The number of carbonyl (C=O) groups is 2. The van der Waals surface area contributed by atoms with Gasteiger partial charge in [0.1, 0.15) is 0 Å². The molecular weight excluding hydrogens is 302 g/mol. The Bertz CT molecular complexity index is 651. The van der Waals surface area contributed by atoms with Crippen molar-refractivity contribution in [2.75, 3.05) is 26.2 Å². The monoisotopic (exact) mass is 325 g/mol. The lowest BCUT2D eigenvalue weighted by Gasteiger charge is -2.37. The van der Waals surface area contributed by atoms with Crippen LogP contribution in [-0.4, -0.2) is 47.8 Å². The van der Waals surface area contributed by atoms with Crippen LogP contribution in [0.15, 0.2) is 24.3 Å². The highest BCUT2D eigenvalue weighted by Gasteiger charge is 2.29. The number of benzene rings is 1. The topological polar surface area (TPSA) is 64.4 Å². The number of hydrogen-bond donors (Lipinski definition) is 0. The minimum Gasteiger partial charge on any atom is -0.339 e. The van der Waals surface area contributed by atoms with Gasteiger partial charge < -0.3 is 9.80 Å². The van der Waals surface area contributed by atoms with Crippen LogP contribution in [-0.2, 0) is 4.79 Å². The molecule has 126 valence electrons. The Morgan fingerprint density at radius 3 is 2.33 bits per heavy atom. The van der Waals surface area contributed by atoms with E-state index in [9.17, 15) is 9.59 Å². The number of hydrogen-bond acceptors (Lipinski definition) is 3. The summed E-state index contributed by atoms with van der Waals surface area (Å²) in [5, 5.41) is 8.95. The zero-order chi connectivity index (χ0) is 16.9. The Balaban J connectivity index is 1.57. The Morgan fingerprint density at radius 1 is 1.00 bits per heavy atom. The molecule has 24 heavy (non-hydrogen) atoms. The fraction of sp³-hybridized carbons (Fsp3) is 0.526. The van der Waals surface area contributed by atoms with E-state index in [1.54, 1.807) is 29.2 Å². The molecule has 1 aliphatic heterocycles. The van der Waals surface area contributed by atoms with Crippen LogP contribution in [0.5, 0.6) is 0 Å². The summed E-state index contributed by atoms with van der Waals surface area (Å²) < 4.78 is 0. The van der Waals surface area contributed by atoms with E-state index in [2.05, 4.69) is 6.07 Å². The van der Waals surface area contributed by atoms with Crippen molar-refractivity contribution in [1.29, 1.82) is 5.26 Å². The molecule has 0 spiro atoms. The fourth-order valence-corrected chi connectivity index (χ4v) is 3.64. The molecule has 1 aromatic rings. The molecule has 1 aliphatic carbocycles. The van der Waals surface area contributed by atoms with E-state index in [1.165, 1.54) is 6.42 Å². The molecule has 0 radical (unpaired) electrons. The van der Waals surface area contributed by atoms with E-state index in [4.69, 9.17) is 5.26 Å². The molecule has 0 aromatic heterocycles. The van der Waals surface area contributed by atoms with E-state index in [1.807, 2.05) is 4.90 Å². The van der Waals surface area contributed by atoms with Crippen LogP contribution < -0.4 is 0 Å². The van der Waals surface area contributed by atoms with Crippen molar-refractivity contribution in [3.8, 4) is 6.07 Å². The van der Waals surface area contributed by atoms with Gasteiger partial charge >= 0.3 is 0 Å². The van der Waals surface area contributed by atoms with Gasteiger partial charge in [-0.15, -0.1) is 0 Å². The van der Waals surface area contributed by atoms with Crippen LogP contribution in [0.2, 0.25) is 0 Å². The van der Waals surface area contributed by atoms with Gasteiger partial charge in [0.25, 0.3) is 5.91 Å². The van der Waals surface area contributed by atoms with Crippen LogP contribution >= 0.6 is 0 Å². The molecule has 0 N–H and O–H groups in total. The highest BCUT2D eigenvalue weighted by atomic mass is 16.2. The number of piperazine rings is 1. The molecule has 1 saturated carbocycles. The lowest BCUT2D eigenvalue weighted by atomic mass is 9.88. The molecule has 0 bridgehead atoms. The van der Waals surface area contributed by atoms with Gasteiger partial charge in [-0.1, -0.05) is 25.3 Å². The quantitative estimate of drug-likeness (QED) is 0.839. The summed E-state index contributed by atoms with van der Waals surface area (Å²) in [6.07, 6.45) is 5.58. The Morgan fingerprint density at radius 2 is 1.67 bits per heavy atom. The predicted octanol–water partition coefficient (Wildman–Crippen LogP) is 2.42. The minimum absolute atomic E-state index is 0.0585. The summed E-state index contributed by atoms with van der Waals surface area (Å²) in [5.74, 6) is 0.401. The van der Waals surface area contributed by atoms with Gasteiger partial charge in [0, 0.05) is 37.7 Å². The zero-order valence-electron chi connectivity index (χ0n) is 13.9. The second kappa shape index (κ2) is 7.48. The van der Waals surface area contributed by atoms with Gasteiger partial charge in [0.15, 0.2) is 0 Å². The van der Waals surface area contributed by atoms with Gasteiger partial charge in [-0.05, 0) is 31.0 Å². The molecule has 2 amide bonds. The molecule has 1 heterocycles. The average molecular weight is 325 g/mol. The fourth-order valence-electron chi connectivity index (χ4n) is 3.64. The van der Waals surface area contributed by atoms with Crippen molar-refractivity contribution in [3.63, 3.8) is 0 Å². The largest absolute Gasteiger partial charge is 0.339 e. The maximum Gasteiger partial charge on any atom is 0.254 e. The van der Waals surface area contributed by atoms with Crippen molar-refractivity contribution in [1.82, 2.24) is 9.80 Å². The van der Waals surface area contributed by atoms with E-state index in [0.29, 0.717) is 37.3 Å². The molecule has 5 heteroatoms. The number of rotatable bonds is 2. The molecule has 1 saturated heterocycles. The lowest BCUT2D eigenvalue weighted by molar-refractivity contribution is -0.138. The first-order valence-electron chi connectivity index (χ1n) is 8.77. The molecule has 0 unspecified atom stereocenters. The SMILES string of the molecule is N#Cc1cccc(C(=O)N2CCN(C(=O)C3CCCCC3)CC2)c1. The van der Waals surface area contributed by atoms with Crippen molar-refractivity contribution >= 4 is 11.8 Å². The van der Waals surface area contributed by atoms with Crippen LogP contribution in [0.3, 0.4) is 0 Å². The standard InChI is InChI=1S/C19H23N3O2/c20-14-15-5-4-8-17(13-15)19(24)22-11-9-21(10-12-22)18(23)16-6-2-1-3-7-16/h4-5,8,13,16H,1-3,6-7,9-12H2. The van der Waals surface area contributed by atoms with E-state index < -0.39 is 0 Å². The Kier molecular flexibility index (Phi) is 5.14. The molecule has 0 atom stereocenters. The van der Waals surface area contributed by atoms with E-state index in [-0.39, 0.29) is 17.7 Å². The first-order chi connectivity index (χ1) is 11.7. The summed E-state index contributed by atoms with van der Waals surface area (Å²) in [5.41, 5.74) is 1.04. The highest BCUT2D eigenvalue weighted by Crippen LogP contribution is 2.26. The third kappa shape index (κ3) is 3.59. The van der Waals surface area contributed by atoms with Gasteiger partial charge in [-0.3, -0.25) is 9.59 Å². The summed E-state index contributed by atoms with van der Waals surface area (Å²) in [7, 11) is 0. The molecule has 3 rings (SSSR count). The van der Waals surface area contributed by atoms with E-state index in [0.717, 1.165) is 25.7 Å². The predicted molar refractivity (Wildman–Crippen MR) is 90.2 cm³/mol. The van der Waals surface area contributed by atoms with Gasteiger partial charge in [0.05, 0.1) is 11.6 Å². The third-order valence-corrected chi connectivity index (χ3v) is 5.07. The normalized spacial score (nSPS) is 19.0. The van der Waals surface area contributed by atoms with Crippen LogP contribution in [0, 0.1) is 17.2 Å². The van der Waals surface area contributed by atoms with Gasteiger partial charge in [-0.2, -0.15) is 5.26 Å². The van der Waals surface area contributed by atoms with E-state index >= 15 is 0 Å². The van der Waals surface area contributed by atoms with Crippen molar-refractivity contribution in [2.45, 2.75) is 32.1 Å². The zero-order valence-corrected chi connectivity index (χ0v) is 13.9. The molecule has 5 nitrogen and oxygen atoms in total. The molecule has 1 aromatic carbocycles. The molecule has 2 fully saturated rings. The number of carbonyl (C=O) groups excluding carboxylic acids is 2. The first kappa shape index (κ1) is 16.5. The van der Waals surface area contributed by atoms with Gasteiger partial charge in [-0.25, -0.2) is 0 Å². The first-order valence-corrected chi connectivity index (χ1v) is 8.77. The summed E-state index contributed by atoms with van der Waals surface area (Å²) >= 11 is 0.